The number of hydrogen-bond acceptors (Lipinski definition) is 20. The number of carbonyl (C=O) groups excluding carboxylic acids is 3. The summed E-state index contributed by atoms with van der Waals surface area (Å²) in [5.74, 6) is -3.00. The largest absolute Gasteiger partial charge is 1.00 e. The fraction of sp³-hybridized carbons (Fsp3) is 0.167. The number of hydrogen-bond donors (Lipinski definition) is 2. The van der Waals surface area contributed by atoms with Crippen LogP contribution in [0.3, 0.4) is 0 Å². The maximum atomic E-state index is 13.8. The van der Waals surface area contributed by atoms with Gasteiger partial charge in [-0.25, -0.2) is 16.8 Å². The standard InChI is InChI=1S/C30H28N6O16S4.4K/c1-16-20(29(39)35(32-16)22-14-18(53-51-49-41)7-11-24(22)55(43,44)45)9-5-17(34-13-3-4-26(34)37)6-10-21-27(28(38)31-2)33-36(30(21)40)23-15-19(54-52-50-42)8-12-25(23)56(46,47)48;;;;/h5-12,14-15,39,41-42H,3-4,13H2,1-2H3,(H,31,38)(H,43,44,45)(H,46,47,48);;;;/q;4*+1/p-4/b9-5?,17-6?,21-10-;;;;. The van der Waals surface area contributed by atoms with E-state index >= 15 is 0 Å². The molecule has 0 unspecified atom stereocenters. The predicted molar refractivity (Wildman–Crippen MR) is 184 cm³/mol. The van der Waals surface area contributed by atoms with Gasteiger partial charge >= 0.3 is 206 Å². The Bertz CT molecular complexity index is 2450. The number of aromatic hydroxyl groups is 1. The molecule has 0 bridgehead atoms. The summed E-state index contributed by atoms with van der Waals surface area (Å²) in [5, 5.41) is 49.4. The molecule has 2 aromatic carbocycles. The van der Waals surface area contributed by atoms with Gasteiger partial charge in [-0.1, -0.05) is 0 Å². The second-order valence-corrected chi connectivity index (χ2v) is 15.4. The second kappa shape index (κ2) is 26.8. The Morgan fingerprint density at radius 2 is 1.47 bits per heavy atom. The van der Waals surface area contributed by atoms with Crippen molar-refractivity contribution in [3.63, 3.8) is 0 Å². The van der Waals surface area contributed by atoms with E-state index in [4.69, 9.17) is 0 Å². The Balaban J connectivity index is 0.00000450. The summed E-state index contributed by atoms with van der Waals surface area (Å²) in [5.41, 5.74) is -1.78. The molecule has 0 radical (unpaired) electrons. The Kier molecular flexibility index (Phi) is 26.6. The topological polar surface area (TPSA) is 318 Å². The summed E-state index contributed by atoms with van der Waals surface area (Å²) in [4.78, 5) is 39.3. The number of likely N-dealkylation sites (tertiary alicyclic amines) is 1. The first-order chi connectivity index (χ1) is 26.5. The molecule has 1 aromatic heterocycles. The molecule has 298 valence electrons. The van der Waals surface area contributed by atoms with E-state index < -0.39 is 70.4 Å². The zero-order chi connectivity index (χ0) is 40.9. The van der Waals surface area contributed by atoms with Gasteiger partial charge in [0.05, 0.1) is 62.1 Å². The smallest absolute Gasteiger partial charge is 0.744 e. The first kappa shape index (κ1) is 59.6. The Morgan fingerprint density at radius 3 is 1.97 bits per heavy atom. The number of aryl methyl sites for hydroxylation is 1. The van der Waals surface area contributed by atoms with Crippen LogP contribution in [0.25, 0.3) is 11.8 Å². The summed E-state index contributed by atoms with van der Waals surface area (Å²) in [7, 11) is -9.15. The van der Waals surface area contributed by atoms with E-state index in [1.807, 2.05) is 0 Å². The molecule has 30 heteroatoms. The molecule has 1 fully saturated rings. The van der Waals surface area contributed by atoms with Crippen molar-refractivity contribution in [3.05, 3.63) is 77.2 Å². The summed E-state index contributed by atoms with van der Waals surface area (Å²) >= 11 is 0.690. The van der Waals surface area contributed by atoms with Crippen LogP contribution in [0, 0.1) is 6.92 Å². The minimum Gasteiger partial charge on any atom is -0.744 e. The molecule has 2 aliphatic rings. The van der Waals surface area contributed by atoms with Crippen molar-refractivity contribution in [2.24, 2.45) is 5.10 Å². The van der Waals surface area contributed by atoms with Crippen LogP contribution in [0.5, 0.6) is 5.88 Å². The SMILES string of the molecule is CNC(=O)C1=NN(c2cc(SOO[O-])ccc2S(=O)(=O)[O-])C(=O)/C1=C\C=C(C=Cc1c(C)nn(-c2cc(SOO[O-])ccc2S(=O)(=O)[O-])c1O)N1CCCC1=O.[K+].[K+].[K+].[K+]. The van der Waals surface area contributed by atoms with E-state index in [0.717, 1.165) is 47.2 Å². The number of nitrogens with one attached hydrogen (secondary N) is 1. The normalized spacial score (nSPS) is 15.1. The van der Waals surface area contributed by atoms with Crippen molar-refractivity contribution >= 4 is 79.5 Å². The molecule has 2 aliphatic heterocycles. The first-order valence-corrected chi connectivity index (χ1v) is 19.6. The maximum absolute atomic E-state index is 13.8. The van der Waals surface area contributed by atoms with E-state index in [1.165, 1.54) is 37.1 Å². The fourth-order valence-corrected chi connectivity index (χ4v) is 7.41. The summed E-state index contributed by atoms with van der Waals surface area (Å²) in [6.07, 6.45) is 5.57. The molecular formula is C30H24K4N6O16S4. The fourth-order valence-electron chi connectivity index (χ4n) is 5.36. The van der Waals surface area contributed by atoms with Crippen LogP contribution in [0.2, 0.25) is 0 Å². The molecule has 1 saturated heterocycles. The van der Waals surface area contributed by atoms with Crippen LogP contribution >= 0.6 is 24.1 Å². The van der Waals surface area contributed by atoms with Crippen molar-refractivity contribution in [1.29, 1.82) is 0 Å². The van der Waals surface area contributed by atoms with E-state index in [1.54, 1.807) is 0 Å². The molecule has 5 rings (SSSR count). The van der Waals surface area contributed by atoms with Gasteiger partial charge in [-0.15, -0.1) is 0 Å². The van der Waals surface area contributed by atoms with Crippen LogP contribution in [0.15, 0.2) is 90.6 Å². The third-order valence-corrected chi connectivity index (χ3v) is 10.7. The first-order valence-electron chi connectivity index (χ1n) is 15.3. The number of aromatic nitrogens is 2. The average molecular weight is 1010 g/mol. The Labute approximate surface area is 520 Å². The monoisotopic (exact) mass is 1010 g/mol. The molecule has 0 saturated carbocycles. The van der Waals surface area contributed by atoms with Gasteiger partial charge in [0.15, 0.2) is 5.71 Å². The number of rotatable bonds is 15. The van der Waals surface area contributed by atoms with Crippen molar-refractivity contribution in [2.75, 3.05) is 18.6 Å². The quantitative estimate of drug-likeness (QED) is 0.0272. The number of amides is 3. The van der Waals surface area contributed by atoms with E-state index in [-0.39, 0.29) is 251 Å². The molecule has 60 heavy (non-hydrogen) atoms. The van der Waals surface area contributed by atoms with E-state index in [0.29, 0.717) is 35.5 Å². The van der Waals surface area contributed by atoms with E-state index in [9.17, 15) is 55.9 Å². The number of nitrogens with zero attached hydrogens (tertiary/aromatic N) is 5. The van der Waals surface area contributed by atoms with Gasteiger partial charge in [-0.05, 0) is 74.0 Å². The average Bonchev–Trinajstić information content (AvgIpc) is 3.82. The van der Waals surface area contributed by atoms with Crippen molar-refractivity contribution in [2.45, 2.75) is 39.3 Å². The van der Waals surface area contributed by atoms with Crippen LogP contribution in [0.1, 0.15) is 24.1 Å². The van der Waals surface area contributed by atoms with Crippen LogP contribution in [-0.4, -0.2) is 82.8 Å². The van der Waals surface area contributed by atoms with Crippen molar-refractivity contribution < 1.29 is 280 Å². The molecule has 0 spiro atoms. The summed E-state index contributed by atoms with van der Waals surface area (Å²) in [6.45, 7) is 1.63. The van der Waals surface area contributed by atoms with Crippen LogP contribution < -0.4 is 226 Å². The zero-order valence-electron chi connectivity index (χ0n) is 32.3. The van der Waals surface area contributed by atoms with Gasteiger partial charge in [0.25, 0.3) is 11.8 Å². The van der Waals surface area contributed by atoms with Gasteiger partial charge in [0.1, 0.15) is 20.2 Å². The third kappa shape index (κ3) is 14.8. The third-order valence-electron chi connectivity index (χ3n) is 7.80. The van der Waals surface area contributed by atoms with Gasteiger partial charge < -0.3 is 34.9 Å². The minimum absolute atomic E-state index is 0. The minimum atomic E-state index is -5.24. The summed E-state index contributed by atoms with van der Waals surface area (Å²) in [6, 6.07) is 6.01. The predicted octanol–water partition coefficient (Wildman–Crippen LogP) is -12.2. The molecule has 2 N–H and O–H groups in total. The molecule has 0 aliphatic carbocycles. The molecular weight excluding hydrogens is 985 g/mol. The number of benzene rings is 2. The number of allylic oxidation sites excluding steroid dienone is 3. The van der Waals surface area contributed by atoms with Crippen LogP contribution in [0.4, 0.5) is 5.69 Å². The van der Waals surface area contributed by atoms with Crippen molar-refractivity contribution in [1.82, 2.24) is 20.0 Å². The Hall–Kier alpha value is 1.58. The molecule has 3 aromatic rings. The number of anilines is 1. The van der Waals surface area contributed by atoms with Gasteiger partial charge in [0.2, 0.25) is 11.8 Å². The second-order valence-electron chi connectivity index (χ2n) is 11.1. The number of carbonyl (C=O) groups is 3. The van der Waals surface area contributed by atoms with E-state index in [2.05, 4.69) is 34.3 Å². The van der Waals surface area contributed by atoms with Crippen molar-refractivity contribution in [3.8, 4) is 11.6 Å². The maximum Gasteiger partial charge on any atom is 1.00 e. The van der Waals surface area contributed by atoms with Gasteiger partial charge in [-0.2, -0.15) is 28.6 Å². The van der Waals surface area contributed by atoms with Crippen LogP contribution in [-0.2, 0) is 53.4 Å². The summed E-state index contributed by atoms with van der Waals surface area (Å²) < 4.78 is 81.9. The molecule has 0 atom stereocenters. The molecule has 3 heterocycles. The molecule has 22 nitrogen and oxygen atoms in total. The molecule has 3 amide bonds. The van der Waals surface area contributed by atoms with Gasteiger partial charge in [0, 0.05) is 35.5 Å². The van der Waals surface area contributed by atoms with Gasteiger partial charge in [-0.3, -0.25) is 24.5 Å². The Morgan fingerprint density at radius 1 is 0.917 bits per heavy atom. The number of hydrazone groups is 1. The zero-order valence-corrected chi connectivity index (χ0v) is 48.1.